The van der Waals surface area contributed by atoms with E-state index < -0.39 is 5.82 Å². The largest absolute Gasteiger partial charge is 0.454 e. The van der Waals surface area contributed by atoms with E-state index in [4.69, 9.17) is 9.47 Å². The van der Waals surface area contributed by atoms with Crippen molar-refractivity contribution < 1.29 is 18.7 Å². The number of para-hydroxylation sites is 1. The number of halogens is 1. The average Bonchev–Trinajstić information content (AvgIpc) is 3.25. The molecule has 1 fully saturated rings. The SMILES string of the molecule is O=C(Nc1ccccc1F)N1CCC(c2ccc3c(c2)OCO3)C1. The summed E-state index contributed by atoms with van der Waals surface area (Å²) < 4.78 is 24.4. The summed E-state index contributed by atoms with van der Waals surface area (Å²) in [7, 11) is 0. The minimum Gasteiger partial charge on any atom is -0.454 e. The van der Waals surface area contributed by atoms with Crippen LogP contribution in [0, 0.1) is 5.82 Å². The van der Waals surface area contributed by atoms with E-state index in [2.05, 4.69) is 5.32 Å². The first-order chi connectivity index (χ1) is 11.7. The van der Waals surface area contributed by atoms with Gasteiger partial charge in [-0.3, -0.25) is 0 Å². The second-order valence-corrected chi connectivity index (χ2v) is 5.95. The van der Waals surface area contributed by atoms with Crippen molar-refractivity contribution in [3.63, 3.8) is 0 Å². The molecule has 124 valence electrons. The lowest BCUT2D eigenvalue weighted by Crippen LogP contribution is -2.33. The number of fused-ring (bicyclic) bond motifs is 1. The maximum absolute atomic E-state index is 13.6. The van der Waals surface area contributed by atoms with E-state index in [9.17, 15) is 9.18 Å². The highest BCUT2D eigenvalue weighted by Gasteiger charge is 2.28. The molecule has 5 nitrogen and oxygen atoms in total. The molecule has 1 saturated heterocycles. The van der Waals surface area contributed by atoms with Gasteiger partial charge in [0.2, 0.25) is 6.79 Å². The number of benzene rings is 2. The molecule has 0 aromatic heterocycles. The fourth-order valence-electron chi connectivity index (χ4n) is 3.14. The molecule has 1 atom stereocenters. The highest BCUT2D eigenvalue weighted by molar-refractivity contribution is 5.89. The molecule has 2 aromatic rings. The van der Waals surface area contributed by atoms with Gasteiger partial charge in [0.15, 0.2) is 11.5 Å². The van der Waals surface area contributed by atoms with Crippen LogP contribution in [-0.4, -0.2) is 30.8 Å². The Morgan fingerprint density at radius 1 is 1.17 bits per heavy atom. The number of hydrogen-bond acceptors (Lipinski definition) is 3. The summed E-state index contributed by atoms with van der Waals surface area (Å²) in [5.41, 5.74) is 1.33. The lowest BCUT2D eigenvalue weighted by molar-refractivity contribution is 0.174. The average molecular weight is 328 g/mol. The molecule has 24 heavy (non-hydrogen) atoms. The molecule has 6 heteroatoms. The van der Waals surface area contributed by atoms with Gasteiger partial charge in [0.05, 0.1) is 5.69 Å². The van der Waals surface area contributed by atoms with Crippen LogP contribution in [0.5, 0.6) is 11.5 Å². The number of amides is 2. The van der Waals surface area contributed by atoms with Crippen molar-refractivity contribution >= 4 is 11.7 Å². The molecule has 2 aromatic carbocycles. The summed E-state index contributed by atoms with van der Waals surface area (Å²) in [5.74, 6) is 1.32. The third kappa shape index (κ3) is 2.75. The van der Waals surface area contributed by atoms with Gasteiger partial charge in [-0.2, -0.15) is 0 Å². The van der Waals surface area contributed by atoms with Crippen LogP contribution in [0.15, 0.2) is 42.5 Å². The van der Waals surface area contributed by atoms with Crippen molar-refractivity contribution in [2.75, 3.05) is 25.2 Å². The number of hydrogen-bond donors (Lipinski definition) is 1. The van der Waals surface area contributed by atoms with E-state index in [-0.39, 0.29) is 24.4 Å². The van der Waals surface area contributed by atoms with Crippen LogP contribution < -0.4 is 14.8 Å². The smallest absolute Gasteiger partial charge is 0.321 e. The van der Waals surface area contributed by atoms with Crippen LogP contribution in [0.1, 0.15) is 17.9 Å². The molecule has 1 N–H and O–H groups in total. The standard InChI is InChI=1S/C18H17FN2O3/c19-14-3-1-2-4-15(14)20-18(22)21-8-7-13(10-21)12-5-6-16-17(9-12)24-11-23-16/h1-6,9,13H,7-8,10-11H2,(H,20,22). The quantitative estimate of drug-likeness (QED) is 0.917. The van der Waals surface area contributed by atoms with Crippen molar-refractivity contribution in [3.05, 3.63) is 53.8 Å². The Morgan fingerprint density at radius 3 is 2.88 bits per heavy atom. The van der Waals surface area contributed by atoms with Crippen molar-refractivity contribution in [3.8, 4) is 11.5 Å². The second-order valence-electron chi connectivity index (χ2n) is 5.95. The Bertz CT molecular complexity index is 781. The molecule has 2 amide bonds. The highest BCUT2D eigenvalue weighted by atomic mass is 19.1. The number of nitrogens with zero attached hydrogens (tertiary/aromatic N) is 1. The molecule has 4 rings (SSSR count). The van der Waals surface area contributed by atoms with E-state index >= 15 is 0 Å². The van der Waals surface area contributed by atoms with E-state index in [1.807, 2.05) is 18.2 Å². The summed E-state index contributed by atoms with van der Waals surface area (Å²) >= 11 is 0. The Labute approximate surface area is 139 Å². The topological polar surface area (TPSA) is 50.8 Å². The molecule has 2 aliphatic heterocycles. The predicted octanol–water partition coefficient (Wildman–Crippen LogP) is 3.58. The zero-order chi connectivity index (χ0) is 16.5. The summed E-state index contributed by atoms with van der Waals surface area (Å²) in [5, 5.41) is 2.63. The first-order valence-electron chi connectivity index (χ1n) is 7.91. The van der Waals surface area contributed by atoms with Gasteiger partial charge in [-0.15, -0.1) is 0 Å². The number of carbonyl (C=O) groups excluding carboxylic acids is 1. The minimum atomic E-state index is -0.433. The molecular weight excluding hydrogens is 311 g/mol. The molecule has 0 bridgehead atoms. The lowest BCUT2D eigenvalue weighted by atomic mass is 9.98. The van der Waals surface area contributed by atoms with Gasteiger partial charge < -0.3 is 19.7 Å². The zero-order valence-electron chi connectivity index (χ0n) is 13.0. The van der Waals surface area contributed by atoms with Gasteiger partial charge in [-0.25, -0.2) is 9.18 Å². The van der Waals surface area contributed by atoms with E-state index in [1.165, 1.54) is 6.07 Å². The summed E-state index contributed by atoms with van der Waals surface area (Å²) in [4.78, 5) is 14.0. The van der Waals surface area contributed by atoms with E-state index in [0.29, 0.717) is 13.1 Å². The molecule has 2 heterocycles. The molecule has 0 radical (unpaired) electrons. The van der Waals surface area contributed by atoms with Gasteiger partial charge in [0, 0.05) is 19.0 Å². The van der Waals surface area contributed by atoms with Gasteiger partial charge in [0.25, 0.3) is 0 Å². The van der Waals surface area contributed by atoms with Crippen LogP contribution in [0.3, 0.4) is 0 Å². The van der Waals surface area contributed by atoms with Crippen molar-refractivity contribution in [2.24, 2.45) is 0 Å². The number of urea groups is 1. The van der Waals surface area contributed by atoms with Crippen LogP contribution in [0.4, 0.5) is 14.9 Å². The number of likely N-dealkylation sites (tertiary alicyclic amines) is 1. The first-order valence-corrected chi connectivity index (χ1v) is 7.91. The number of nitrogens with one attached hydrogen (secondary N) is 1. The van der Waals surface area contributed by atoms with Crippen LogP contribution >= 0.6 is 0 Å². The zero-order valence-corrected chi connectivity index (χ0v) is 13.0. The Kier molecular flexibility index (Phi) is 3.72. The summed E-state index contributed by atoms with van der Waals surface area (Å²) in [6.07, 6.45) is 0.865. The molecule has 1 unspecified atom stereocenters. The highest BCUT2D eigenvalue weighted by Crippen LogP contribution is 2.37. The number of anilines is 1. The van der Waals surface area contributed by atoms with E-state index in [0.717, 1.165) is 23.5 Å². The van der Waals surface area contributed by atoms with Crippen molar-refractivity contribution in [1.82, 2.24) is 4.90 Å². The minimum absolute atomic E-state index is 0.203. The predicted molar refractivity (Wildman–Crippen MR) is 86.9 cm³/mol. The number of ether oxygens (including phenoxy) is 2. The maximum atomic E-state index is 13.6. The maximum Gasteiger partial charge on any atom is 0.321 e. The van der Waals surface area contributed by atoms with Crippen molar-refractivity contribution in [1.29, 1.82) is 0 Å². The lowest BCUT2D eigenvalue weighted by Gasteiger charge is -2.18. The van der Waals surface area contributed by atoms with Crippen LogP contribution in [0.2, 0.25) is 0 Å². The Morgan fingerprint density at radius 2 is 2.00 bits per heavy atom. The van der Waals surface area contributed by atoms with Gasteiger partial charge in [-0.1, -0.05) is 18.2 Å². The third-order valence-corrected chi connectivity index (χ3v) is 4.46. The number of carbonyl (C=O) groups is 1. The fourth-order valence-corrected chi connectivity index (χ4v) is 3.14. The number of rotatable bonds is 2. The molecular formula is C18H17FN2O3. The van der Waals surface area contributed by atoms with E-state index in [1.54, 1.807) is 23.1 Å². The summed E-state index contributed by atoms with van der Waals surface area (Å²) in [6, 6.07) is 11.8. The molecule has 2 aliphatic rings. The van der Waals surface area contributed by atoms with Crippen LogP contribution in [-0.2, 0) is 0 Å². The van der Waals surface area contributed by atoms with Gasteiger partial charge >= 0.3 is 6.03 Å². The fraction of sp³-hybridized carbons (Fsp3) is 0.278. The Hall–Kier alpha value is -2.76. The molecule has 0 saturated carbocycles. The molecule has 0 aliphatic carbocycles. The monoisotopic (exact) mass is 328 g/mol. The Balaban J connectivity index is 1.43. The molecule has 0 spiro atoms. The normalized spacial score (nSPS) is 18.7. The van der Waals surface area contributed by atoms with Crippen molar-refractivity contribution in [2.45, 2.75) is 12.3 Å². The first kappa shape index (κ1) is 14.8. The second kappa shape index (κ2) is 6.03. The summed E-state index contributed by atoms with van der Waals surface area (Å²) in [6.45, 7) is 1.49. The van der Waals surface area contributed by atoms with Crippen LogP contribution in [0.25, 0.3) is 0 Å². The van der Waals surface area contributed by atoms with Gasteiger partial charge in [-0.05, 0) is 36.2 Å². The third-order valence-electron chi connectivity index (χ3n) is 4.46. The van der Waals surface area contributed by atoms with Gasteiger partial charge in [0.1, 0.15) is 5.82 Å².